The molecule has 23 heavy (non-hydrogen) atoms. The Bertz CT molecular complexity index is 405. The van der Waals surface area contributed by atoms with E-state index in [1.54, 1.807) is 0 Å². The van der Waals surface area contributed by atoms with Crippen LogP contribution in [0, 0.1) is 11.8 Å². The second-order valence-electron chi connectivity index (χ2n) is 9.70. The highest BCUT2D eigenvalue weighted by Gasteiger charge is 2.36. The maximum Gasteiger partial charge on any atom is 0.223 e. The molecule has 1 amide bonds. The zero-order valence-electron chi connectivity index (χ0n) is 16.3. The summed E-state index contributed by atoms with van der Waals surface area (Å²) >= 11 is 0. The standard InChI is InChI=1S/C20H38N2O/c1-19(2,3)21-13-8-7-10-16(14-21)17-11-9-12-18(23)22(15-17)20(4,5)6/h16-17H,7-15H2,1-6H3. The highest BCUT2D eigenvalue weighted by molar-refractivity contribution is 5.77. The summed E-state index contributed by atoms with van der Waals surface area (Å²) in [5.41, 5.74) is 0.209. The summed E-state index contributed by atoms with van der Waals surface area (Å²) < 4.78 is 0. The van der Waals surface area contributed by atoms with E-state index in [0.717, 1.165) is 25.3 Å². The first kappa shape index (κ1) is 18.8. The Kier molecular flexibility index (Phi) is 5.81. The molecule has 3 heteroatoms. The van der Waals surface area contributed by atoms with Gasteiger partial charge in [0.1, 0.15) is 0 Å². The molecule has 2 aliphatic rings. The number of hydrogen-bond donors (Lipinski definition) is 0. The number of rotatable bonds is 1. The maximum absolute atomic E-state index is 12.5. The first-order valence-corrected chi connectivity index (χ1v) is 9.64. The van der Waals surface area contributed by atoms with Gasteiger partial charge in [-0.15, -0.1) is 0 Å². The van der Waals surface area contributed by atoms with Crippen LogP contribution in [0.2, 0.25) is 0 Å². The van der Waals surface area contributed by atoms with E-state index in [4.69, 9.17) is 0 Å². The minimum Gasteiger partial charge on any atom is -0.338 e. The van der Waals surface area contributed by atoms with Gasteiger partial charge in [0.25, 0.3) is 0 Å². The van der Waals surface area contributed by atoms with Crippen LogP contribution in [0.4, 0.5) is 0 Å². The number of carbonyl (C=O) groups is 1. The number of amides is 1. The predicted octanol–water partition coefficient (Wildman–Crippen LogP) is 4.31. The quantitative estimate of drug-likeness (QED) is 0.718. The van der Waals surface area contributed by atoms with Gasteiger partial charge in [-0.05, 0) is 85.6 Å². The summed E-state index contributed by atoms with van der Waals surface area (Å²) in [4.78, 5) is 17.3. The lowest BCUT2D eigenvalue weighted by Crippen LogP contribution is -2.49. The molecule has 0 bridgehead atoms. The molecule has 0 aromatic heterocycles. The van der Waals surface area contributed by atoms with Gasteiger partial charge in [0.15, 0.2) is 0 Å². The van der Waals surface area contributed by atoms with Crippen molar-refractivity contribution >= 4 is 5.91 Å². The molecule has 0 aromatic rings. The van der Waals surface area contributed by atoms with Crippen molar-refractivity contribution in [3.05, 3.63) is 0 Å². The molecule has 2 rings (SSSR count). The van der Waals surface area contributed by atoms with Crippen molar-refractivity contribution < 1.29 is 4.79 Å². The first-order valence-electron chi connectivity index (χ1n) is 9.64. The summed E-state index contributed by atoms with van der Waals surface area (Å²) in [5, 5.41) is 0. The lowest BCUT2D eigenvalue weighted by atomic mass is 9.84. The zero-order valence-corrected chi connectivity index (χ0v) is 16.3. The van der Waals surface area contributed by atoms with E-state index >= 15 is 0 Å². The lowest BCUT2D eigenvalue weighted by molar-refractivity contribution is -0.136. The fraction of sp³-hybridized carbons (Fsp3) is 0.950. The molecule has 0 spiro atoms. The lowest BCUT2D eigenvalue weighted by Gasteiger charge is -2.41. The number of nitrogens with zero attached hydrogens (tertiary/aromatic N) is 2. The average molecular weight is 323 g/mol. The van der Waals surface area contributed by atoms with E-state index in [9.17, 15) is 4.79 Å². The molecule has 2 aliphatic heterocycles. The summed E-state index contributed by atoms with van der Waals surface area (Å²) in [6.07, 6.45) is 7.04. The maximum atomic E-state index is 12.5. The normalized spacial score (nSPS) is 29.3. The van der Waals surface area contributed by atoms with Crippen LogP contribution < -0.4 is 0 Å². The van der Waals surface area contributed by atoms with Gasteiger partial charge in [-0.25, -0.2) is 0 Å². The van der Waals surface area contributed by atoms with E-state index in [2.05, 4.69) is 51.3 Å². The van der Waals surface area contributed by atoms with Gasteiger partial charge in [-0.1, -0.05) is 6.42 Å². The molecule has 2 fully saturated rings. The molecule has 0 aromatic carbocycles. The van der Waals surface area contributed by atoms with E-state index in [0.29, 0.717) is 11.8 Å². The monoisotopic (exact) mass is 322 g/mol. The number of carbonyl (C=O) groups excluding carboxylic acids is 1. The zero-order chi connectivity index (χ0) is 17.3. The van der Waals surface area contributed by atoms with Crippen molar-refractivity contribution in [2.75, 3.05) is 19.6 Å². The summed E-state index contributed by atoms with van der Waals surface area (Å²) in [6, 6.07) is 0. The van der Waals surface area contributed by atoms with Gasteiger partial charge in [0.2, 0.25) is 5.91 Å². The van der Waals surface area contributed by atoms with Gasteiger partial charge in [0, 0.05) is 30.6 Å². The van der Waals surface area contributed by atoms with Gasteiger partial charge in [0.05, 0.1) is 0 Å². The molecule has 0 aliphatic carbocycles. The molecule has 2 unspecified atom stereocenters. The van der Waals surface area contributed by atoms with Gasteiger partial charge in [-0.3, -0.25) is 9.69 Å². The highest BCUT2D eigenvalue weighted by atomic mass is 16.2. The van der Waals surface area contributed by atoms with Gasteiger partial charge >= 0.3 is 0 Å². The SMILES string of the molecule is CC(C)(C)N1CCCCC(C2CCCC(=O)N(C(C)(C)C)C2)C1. The molecule has 3 nitrogen and oxygen atoms in total. The minimum atomic E-state index is -0.0475. The van der Waals surface area contributed by atoms with Crippen LogP contribution in [0.25, 0.3) is 0 Å². The van der Waals surface area contributed by atoms with Crippen molar-refractivity contribution in [2.24, 2.45) is 11.8 Å². The molecule has 2 atom stereocenters. The topological polar surface area (TPSA) is 23.6 Å². The summed E-state index contributed by atoms with van der Waals surface area (Å²) in [7, 11) is 0. The third-order valence-corrected chi connectivity index (χ3v) is 5.82. The third-order valence-electron chi connectivity index (χ3n) is 5.82. The van der Waals surface area contributed by atoms with Crippen LogP contribution >= 0.6 is 0 Å². The minimum absolute atomic E-state index is 0.0475. The van der Waals surface area contributed by atoms with Gasteiger partial charge in [-0.2, -0.15) is 0 Å². The van der Waals surface area contributed by atoms with Crippen molar-refractivity contribution in [1.82, 2.24) is 9.80 Å². The summed E-state index contributed by atoms with van der Waals surface area (Å²) in [5.74, 6) is 1.78. The Morgan fingerprint density at radius 1 is 0.826 bits per heavy atom. The first-order chi connectivity index (χ1) is 10.6. The Morgan fingerprint density at radius 2 is 1.43 bits per heavy atom. The van der Waals surface area contributed by atoms with Crippen molar-refractivity contribution in [3.8, 4) is 0 Å². The van der Waals surface area contributed by atoms with Crippen LogP contribution in [0.15, 0.2) is 0 Å². The number of likely N-dealkylation sites (tertiary alicyclic amines) is 2. The average Bonchev–Trinajstić information content (AvgIpc) is 2.75. The molecule has 2 heterocycles. The fourth-order valence-corrected chi connectivity index (χ4v) is 4.28. The van der Waals surface area contributed by atoms with Crippen LogP contribution in [0.3, 0.4) is 0 Å². The number of hydrogen-bond acceptors (Lipinski definition) is 2. The Balaban J connectivity index is 2.13. The van der Waals surface area contributed by atoms with Crippen LogP contribution in [-0.4, -0.2) is 46.4 Å². The highest BCUT2D eigenvalue weighted by Crippen LogP contribution is 2.34. The van der Waals surface area contributed by atoms with E-state index in [1.807, 2.05) is 0 Å². The smallest absolute Gasteiger partial charge is 0.223 e. The van der Waals surface area contributed by atoms with Crippen molar-refractivity contribution in [2.45, 2.75) is 91.1 Å². The van der Waals surface area contributed by atoms with Crippen LogP contribution in [-0.2, 0) is 4.79 Å². The molecular weight excluding hydrogens is 284 g/mol. The molecule has 0 radical (unpaired) electrons. The predicted molar refractivity (Wildman–Crippen MR) is 97.5 cm³/mol. The van der Waals surface area contributed by atoms with E-state index in [-0.39, 0.29) is 11.1 Å². The fourth-order valence-electron chi connectivity index (χ4n) is 4.28. The van der Waals surface area contributed by atoms with Crippen molar-refractivity contribution in [3.63, 3.8) is 0 Å². The second-order valence-corrected chi connectivity index (χ2v) is 9.70. The molecular formula is C20H38N2O. The van der Waals surface area contributed by atoms with Gasteiger partial charge < -0.3 is 4.90 Å². The van der Waals surface area contributed by atoms with E-state index in [1.165, 1.54) is 38.8 Å². The third kappa shape index (κ3) is 4.95. The van der Waals surface area contributed by atoms with Crippen molar-refractivity contribution in [1.29, 1.82) is 0 Å². The Morgan fingerprint density at radius 3 is 2.04 bits per heavy atom. The molecule has 0 saturated carbocycles. The van der Waals surface area contributed by atoms with Crippen LogP contribution in [0.1, 0.15) is 80.1 Å². The molecule has 134 valence electrons. The second kappa shape index (κ2) is 7.13. The summed E-state index contributed by atoms with van der Waals surface area (Å²) in [6.45, 7) is 17.0. The molecule has 2 saturated heterocycles. The Hall–Kier alpha value is -0.570. The Labute approximate surface area is 143 Å². The molecule has 0 N–H and O–H groups in total. The van der Waals surface area contributed by atoms with E-state index < -0.39 is 0 Å². The largest absolute Gasteiger partial charge is 0.338 e. The van der Waals surface area contributed by atoms with Crippen LogP contribution in [0.5, 0.6) is 0 Å².